The van der Waals surface area contributed by atoms with E-state index in [-0.39, 0.29) is 17.4 Å². The number of anilines is 1. The predicted molar refractivity (Wildman–Crippen MR) is 158 cm³/mol. The van der Waals surface area contributed by atoms with Crippen LogP contribution in [0.5, 0.6) is 5.75 Å². The van der Waals surface area contributed by atoms with Gasteiger partial charge in [0, 0.05) is 42.5 Å². The number of ether oxygens (including phenoxy) is 1. The van der Waals surface area contributed by atoms with Gasteiger partial charge in [0.1, 0.15) is 18.9 Å². The van der Waals surface area contributed by atoms with Crippen LogP contribution in [0.3, 0.4) is 0 Å². The molecule has 0 unspecified atom stereocenters. The molecule has 0 aromatic heterocycles. The molecule has 3 aromatic carbocycles. The highest BCUT2D eigenvalue weighted by Gasteiger charge is 2.37. The number of nitrogens with zero attached hydrogens (tertiary/aromatic N) is 3. The number of imide groups is 1. The Bertz CT molecular complexity index is 1430. The molecule has 39 heavy (non-hydrogen) atoms. The number of para-hydroxylation sites is 1. The Labute approximate surface area is 244 Å². The van der Waals surface area contributed by atoms with Crippen LogP contribution in [0.4, 0.5) is 10.5 Å². The molecule has 0 N–H and O–H groups in total. The minimum atomic E-state index is -0.462. The first kappa shape index (κ1) is 27.3. The summed E-state index contributed by atoms with van der Waals surface area (Å²) in [6.07, 6.45) is 1.65. The first-order valence-electron chi connectivity index (χ1n) is 12.4. The molecule has 0 aliphatic carbocycles. The lowest BCUT2D eigenvalue weighted by Gasteiger charge is -2.36. The Kier molecular flexibility index (Phi) is 8.60. The fourth-order valence-corrected chi connectivity index (χ4v) is 5.91. The predicted octanol–water partition coefficient (Wildman–Crippen LogP) is 6.07. The van der Waals surface area contributed by atoms with Crippen molar-refractivity contribution in [1.82, 2.24) is 9.80 Å². The molecule has 200 valence electrons. The molecule has 3 amide bonds. The van der Waals surface area contributed by atoms with Gasteiger partial charge in [-0.1, -0.05) is 54.1 Å². The van der Waals surface area contributed by atoms with Crippen molar-refractivity contribution in [2.24, 2.45) is 0 Å². The Balaban J connectivity index is 1.18. The molecule has 2 aliphatic heterocycles. The van der Waals surface area contributed by atoms with Crippen molar-refractivity contribution in [3.63, 3.8) is 0 Å². The molecule has 0 atom stereocenters. The van der Waals surface area contributed by atoms with Gasteiger partial charge >= 0.3 is 0 Å². The zero-order valence-corrected chi connectivity index (χ0v) is 24.0. The number of thioether (sulfide) groups is 1. The summed E-state index contributed by atoms with van der Waals surface area (Å²) >= 11 is 10.6. The number of amides is 3. The van der Waals surface area contributed by atoms with Crippen LogP contribution < -0.4 is 9.64 Å². The lowest BCUT2D eigenvalue weighted by molar-refractivity contribution is -0.136. The molecule has 0 radical (unpaired) electrons. The minimum absolute atomic E-state index is 0.228. The second kappa shape index (κ2) is 12.3. The largest absolute Gasteiger partial charge is 0.488 e. The fraction of sp³-hybridized carbons (Fsp3) is 0.207. The SMILES string of the molecule is O=C(CN1C(=O)S/C(=C/c2ccc(OCc3ccccc3Cl)c(Br)c2)C1=O)N1CCN(c2ccccc2)CC1. The van der Waals surface area contributed by atoms with Crippen molar-refractivity contribution in [2.45, 2.75) is 6.61 Å². The molecule has 5 rings (SSSR count). The number of carbonyl (C=O) groups is 3. The molecule has 2 heterocycles. The molecule has 7 nitrogen and oxygen atoms in total. The number of hydrogen-bond donors (Lipinski definition) is 0. The zero-order valence-electron chi connectivity index (χ0n) is 20.9. The molecule has 10 heteroatoms. The van der Waals surface area contributed by atoms with Gasteiger partial charge < -0.3 is 14.5 Å². The summed E-state index contributed by atoms with van der Waals surface area (Å²) in [7, 11) is 0. The number of piperazine rings is 1. The topological polar surface area (TPSA) is 70.2 Å². The lowest BCUT2D eigenvalue weighted by Crippen LogP contribution is -2.51. The Morgan fingerprint density at radius 3 is 2.41 bits per heavy atom. The number of rotatable bonds is 7. The van der Waals surface area contributed by atoms with Gasteiger partial charge in [0.25, 0.3) is 11.1 Å². The van der Waals surface area contributed by atoms with E-state index >= 15 is 0 Å². The van der Waals surface area contributed by atoms with Crippen molar-refractivity contribution < 1.29 is 19.1 Å². The van der Waals surface area contributed by atoms with E-state index in [1.54, 1.807) is 23.1 Å². The van der Waals surface area contributed by atoms with Gasteiger partial charge in [-0.3, -0.25) is 19.3 Å². The Morgan fingerprint density at radius 2 is 1.69 bits per heavy atom. The molecular weight excluding hydrogens is 602 g/mol. The highest BCUT2D eigenvalue weighted by molar-refractivity contribution is 9.10. The first-order chi connectivity index (χ1) is 18.9. The van der Waals surface area contributed by atoms with E-state index in [2.05, 4.69) is 20.8 Å². The summed E-state index contributed by atoms with van der Waals surface area (Å²) in [4.78, 5) is 43.8. The standard InChI is InChI=1S/C29H25BrClN3O4S/c30-23-16-20(10-11-25(23)38-19-21-6-4-5-9-24(21)31)17-26-28(36)34(29(37)39-26)18-27(35)33-14-12-32(13-15-33)22-7-2-1-3-8-22/h1-11,16-17H,12-15,18-19H2/b26-17+. The molecule has 0 spiro atoms. The quantitative estimate of drug-likeness (QED) is 0.297. The fourth-order valence-electron chi connectivity index (χ4n) is 4.37. The number of halogens is 2. The van der Waals surface area contributed by atoms with E-state index in [0.717, 1.165) is 33.5 Å². The summed E-state index contributed by atoms with van der Waals surface area (Å²) in [5.74, 6) is -0.0661. The van der Waals surface area contributed by atoms with Crippen molar-refractivity contribution >= 4 is 68.1 Å². The maximum absolute atomic E-state index is 13.0. The minimum Gasteiger partial charge on any atom is -0.488 e. The second-order valence-electron chi connectivity index (χ2n) is 9.04. The molecule has 2 fully saturated rings. The Morgan fingerprint density at radius 1 is 0.974 bits per heavy atom. The summed E-state index contributed by atoms with van der Waals surface area (Å²) in [5, 5.41) is 0.190. The van der Waals surface area contributed by atoms with Crippen LogP contribution >= 0.6 is 39.3 Å². The van der Waals surface area contributed by atoms with E-state index in [1.807, 2.05) is 60.7 Å². The van der Waals surface area contributed by atoms with Crippen LogP contribution in [0.15, 0.2) is 82.2 Å². The second-order valence-corrected chi connectivity index (χ2v) is 11.3. The van der Waals surface area contributed by atoms with Gasteiger partial charge in [0.05, 0.1) is 9.38 Å². The van der Waals surface area contributed by atoms with E-state index in [0.29, 0.717) is 48.0 Å². The summed E-state index contributed by atoms with van der Waals surface area (Å²) in [6.45, 7) is 2.53. The highest BCUT2D eigenvalue weighted by Crippen LogP contribution is 2.34. The van der Waals surface area contributed by atoms with E-state index in [4.69, 9.17) is 16.3 Å². The molecule has 2 aliphatic rings. The third kappa shape index (κ3) is 6.49. The monoisotopic (exact) mass is 625 g/mol. The van der Waals surface area contributed by atoms with Crippen LogP contribution in [-0.4, -0.2) is 59.6 Å². The van der Waals surface area contributed by atoms with E-state index < -0.39 is 11.1 Å². The lowest BCUT2D eigenvalue weighted by atomic mass is 10.2. The van der Waals surface area contributed by atoms with Crippen molar-refractivity contribution in [1.29, 1.82) is 0 Å². The average molecular weight is 627 g/mol. The average Bonchev–Trinajstić information content (AvgIpc) is 3.21. The molecule has 0 saturated carbocycles. The van der Waals surface area contributed by atoms with Gasteiger partial charge in [-0.15, -0.1) is 0 Å². The summed E-state index contributed by atoms with van der Waals surface area (Å²) in [5.41, 5.74) is 2.71. The number of carbonyl (C=O) groups excluding carboxylic acids is 3. The Hall–Kier alpha value is -3.27. The summed E-state index contributed by atoms with van der Waals surface area (Å²) < 4.78 is 6.59. The van der Waals surface area contributed by atoms with Crippen molar-refractivity contribution in [3.05, 3.63) is 98.3 Å². The third-order valence-corrected chi connectivity index (χ3v) is 8.41. The summed E-state index contributed by atoms with van der Waals surface area (Å²) in [6, 6.07) is 22.9. The van der Waals surface area contributed by atoms with Crippen LogP contribution in [0.1, 0.15) is 11.1 Å². The van der Waals surface area contributed by atoms with Crippen LogP contribution in [0, 0.1) is 0 Å². The molecule has 2 saturated heterocycles. The molecular formula is C29H25BrClN3O4S. The maximum atomic E-state index is 13.0. The normalized spacial score (nSPS) is 16.8. The van der Waals surface area contributed by atoms with Crippen molar-refractivity contribution in [3.8, 4) is 5.75 Å². The van der Waals surface area contributed by atoms with Crippen LogP contribution in [0.25, 0.3) is 6.08 Å². The zero-order chi connectivity index (χ0) is 27.4. The third-order valence-electron chi connectivity index (χ3n) is 6.52. The smallest absolute Gasteiger partial charge is 0.294 e. The van der Waals surface area contributed by atoms with E-state index in [9.17, 15) is 14.4 Å². The maximum Gasteiger partial charge on any atom is 0.294 e. The van der Waals surface area contributed by atoms with Gasteiger partial charge in [-0.25, -0.2) is 0 Å². The van der Waals surface area contributed by atoms with Gasteiger partial charge in [0.15, 0.2) is 0 Å². The molecule has 3 aromatic rings. The molecule has 0 bridgehead atoms. The van der Waals surface area contributed by atoms with Crippen LogP contribution in [0.2, 0.25) is 5.02 Å². The van der Waals surface area contributed by atoms with Crippen molar-refractivity contribution in [2.75, 3.05) is 37.6 Å². The van der Waals surface area contributed by atoms with E-state index in [1.165, 1.54) is 0 Å². The van der Waals surface area contributed by atoms with Gasteiger partial charge in [0.2, 0.25) is 5.91 Å². The first-order valence-corrected chi connectivity index (χ1v) is 14.4. The van der Waals surface area contributed by atoms with Gasteiger partial charge in [-0.2, -0.15) is 0 Å². The van der Waals surface area contributed by atoms with Crippen LogP contribution in [-0.2, 0) is 16.2 Å². The number of hydrogen-bond acceptors (Lipinski definition) is 6. The number of benzene rings is 3. The highest BCUT2D eigenvalue weighted by atomic mass is 79.9. The van der Waals surface area contributed by atoms with Gasteiger partial charge in [-0.05, 0) is 69.7 Å².